The van der Waals surface area contributed by atoms with Gasteiger partial charge in [0.2, 0.25) is 5.91 Å². The lowest BCUT2D eigenvalue weighted by Gasteiger charge is -2.34. The molecule has 1 amide bonds. The second-order valence-corrected chi connectivity index (χ2v) is 5.76. The van der Waals surface area contributed by atoms with E-state index >= 15 is 0 Å². The maximum absolute atomic E-state index is 14.1. The normalized spacial score (nSPS) is 24.2. The van der Waals surface area contributed by atoms with Crippen LogP contribution in [0.4, 0.5) is 4.39 Å². The fraction of sp³-hybridized carbons (Fsp3) is 0.562. The number of carbonyl (C=O) groups is 1. The SMILES string of the molecule is COc1cccc(CCC(=O)N2CCN3CCC2C3)c1F. The molecule has 4 nitrogen and oxygen atoms in total. The lowest BCUT2D eigenvalue weighted by Crippen LogP contribution is -2.49. The molecule has 0 saturated carbocycles. The van der Waals surface area contributed by atoms with E-state index in [2.05, 4.69) is 4.90 Å². The van der Waals surface area contributed by atoms with Crippen LogP contribution < -0.4 is 4.74 Å². The van der Waals surface area contributed by atoms with Gasteiger partial charge in [-0.2, -0.15) is 0 Å². The lowest BCUT2D eigenvalue weighted by molar-refractivity contribution is -0.134. The van der Waals surface area contributed by atoms with Crippen LogP contribution in [0.25, 0.3) is 0 Å². The van der Waals surface area contributed by atoms with Crippen molar-refractivity contribution >= 4 is 5.91 Å². The van der Waals surface area contributed by atoms with Crippen LogP contribution in [0.3, 0.4) is 0 Å². The number of ether oxygens (including phenoxy) is 1. The van der Waals surface area contributed by atoms with E-state index in [0.717, 1.165) is 32.6 Å². The van der Waals surface area contributed by atoms with Gasteiger partial charge < -0.3 is 9.64 Å². The molecule has 0 spiro atoms. The molecule has 114 valence electrons. The number of carbonyl (C=O) groups excluding carboxylic acids is 1. The summed E-state index contributed by atoms with van der Waals surface area (Å²) >= 11 is 0. The van der Waals surface area contributed by atoms with E-state index in [1.54, 1.807) is 18.2 Å². The second kappa shape index (κ2) is 6.02. The summed E-state index contributed by atoms with van der Waals surface area (Å²) in [5.41, 5.74) is 0.549. The van der Waals surface area contributed by atoms with E-state index in [-0.39, 0.29) is 17.5 Å². The third-order valence-corrected chi connectivity index (χ3v) is 4.54. The number of aryl methyl sites for hydroxylation is 1. The Labute approximate surface area is 124 Å². The summed E-state index contributed by atoms with van der Waals surface area (Å²) in [6, 6.07) is 5.44. The third kappa shape index (κ3) is 2.88. The minimum atomic E-state index is -0.349. The molecule has 2 bridgehead atoms. The van der Waals surface area contributed by atoms with Gasteiger partial charge in [0, 0.05) is 38.6 Å². The summed E-state index contributed by atoms with van der Waals surface area (Å²) in [6.07, 6.45) is 1.86. The molecule has 0 aliphatic carbocycles. The van der Waals surface area contributed by atoms with Gasteiger partial charge in [0.15, 0.2) is 11.6 Å². The van der Waals surface area contributed by atoms with Crippen molar-refractivity contribution in [3.8, 4) is 5.75 Å². The molecule has 0 aromatic heterocycles. The molecule has 2 aliphatic rings. The fourth-order valence-corrected chi connectivity index (χ4v) is 3.32. The standard InChI is InChI=1S/C16H21FN2O2/c1-21-14-4-2-3-12(16(14)17)5-6-15(20)19-10-9-18-8-7-13(19)11-18/h2-4,13H,5-11H2,1H3. The number of fused-ring (bicyclic) bond motifs is 2. The smallest absolute Gasteiger partial charge is 0.223 e. The number of rotatable bonds is 4. The predicted octanol–water partition coefficient (Wildman–Crippen LogP) is 1.68. The monoisotopic (exact) mass is 292 g/mol. The highest BCUT2D eigenvalue weighted by Gasteiger charge is 2.34. The molecule has 2 atom stereocenters. The van der Waals surface area contributed by atoms with Crippen LogP contribution in [0.15, 0.2) is 18.2 Å². The molecular formula is C16H21FN2O2. The highest BCUT2D eigenvalue weighted by atomic mass is 19.1. The topological polar surface area (TPSA) is 32.8 Å². The molecule has 1 aromatic carbocycles. The van der Waals surface area contributed by atoms with Gasteiger partial charge in [-0.3, -0.25) is 9.69 Å². The van der Waals surface area contributed by atoms with Gasteiger partial charge in [-0.25, -0.2) is 4.39 Å². The van der Waals surface area contributed by atoms with E-state index in [0.29, 0.717) is 24.4 Å². The Morgan fingerprint density at radius 3 is 3.05 bits per heavy atom. The highest BCUT2D eigenvalue weighted by Crippen LogP contribution is 2.23. The molecule has 2 aliphatic heterocycles. The Bertz CT molecular complexity index is 535. The zero-order valence-electron chi connectivity index (χ0n) is 12.3. The average Bonchev–Trinajstić information content (AvgIpc) is 2.87. The molecule has 3 rings (SSSR count). The first-order chi connectivity index (χ1) is 10.2. The van der Waals surface area contributed by atoms with E-state index in [1.165, 1.54) is 7.11 Å². The maximum Gasteiger partial charge on any atom is 0.223 e. The molecule has 21 heavy (non-hydrogen) atoms. The molecule has 5 heteroatoms. The molecular weight excluding hydrogens is 271 g/mol. The minimum absolute atomic E-state index is 0.142. The van der Waals surface area contributed by atoms with Crippen molar-refractivity contribution in [3.63, 3.8) is 0 Å². The number of methoxy groups -OCH3 is 1. The second-order valence-electron chi connectivity index (χ2n) is 5.76. The summed E-state index contributed by atoms with van der Waals surface area (Å²) in [5.74, 6) is 0.0339. The first kappa shape index (κ1) is 14.3. The van der Waals surface area contributed by atoms with Crippen LogP contribution >= 0.6 is 0 Å². The van der Waals surface area contributed by atoms with Gasteiger partial charge in [0.1, 0.15) is 0 Å². The summed E-state index contributed by atoms with van der Waals surface area (Å²) in [4.78, 5) is 16.8. The third-order valence-electron chi connectivity index (χ3n) is 4.54. The van der Waals surface area contributed by atoms with E-state index in [1.807, 2.05) is 4.90 Å². The van der Waals surface area contributed by atoms with Crippen LogP contribution in [0.2, 0.25) is 0 Å². The first-order valence-electron chi connectivity index (χ1n) is 7.52. The van der Waals surface area contributed by atoms with Crippen molar-refractivity contribution in [2.24, 2.45) is 0 Å². The quantitative estimate of drug-likeness (QED) is 0.846. The van der Waals surface area contributed by atoms with Gasteiger partial charge in [0.05, 0.1) is 7.11 Å². The zero-order valence-corrected chi connectivity index (χ0v) is 12.3. The van der Waals surface area contributed by atoms with Crippen LogP contribution in [-0.4, -0.2) is 55.0 Å². The van der Waals surface area contributed by atoms with Gasteiger partial charge in [-0.1, -0.05) is 12.1 Å². The van der Waals surface area contributed by atoms with Gasteiger partial charge in [-0.05, 0) is 24.5 Å². The number of hydrogen-bond donors (Lipinski definition) is 0. The Balaban J connectivity index is 1.61. The highest BCUT2D eigenvalue weighted by molar-refractivity contribution is 5.77. The number of nitrogens with zero attached hydrogens (tertiary/aromatic N) is 2. The number of hydrogen-bond acceptors (Lipinski definition) is 3. The summed E-state index contributed by atoms with van der Waals surface area (Å²) in [6.45, 7) is 3.87. The van der Waals surface area contributed by atoms with Crippen molar-refractivity contribution in [1.82, 2.24) is 9.80 Å². The lowest BCUT2D eigenvalue weighted by atomic mass is 10.1. The molecule has 1 aromatic rings. The molecule has 0 radical (unpaired) electrons. The Morgan fingerprint density at radius 2 is 2.24 bits per heavy atom. The maximum atomic E-state index is 14.1. The van der Waals surface area contributed by atoms with Crippen molar-refractivity contribution in [1.29, 1.82) is 0 Å². The Kier molecular flexibility index (Phi) is 4.10. The van der Waals surface area contributed by atoms with E-state index < -0.39 is 0 Å². The van der Waals surface area contributed by atoms with Gasteiger partial charge >= 0.3 is 0 Å². The van der Waals surface area contributed by atoms with Crippen molar-refractivity contribution < 1.29 is 13.9 Å². The van der Waals surface area contributed by atoms with Crippen molar-refractivity contribution in [2.45, 2.75) is 25.3 Å². The largest absolute Gasteiger partial charge is 0.494 e. The van der Waals surface area contributed by atoms with Crippen LogP contribution in [0, 0.1) is 5.82 Å². The predicted molar refractivity (Wildman–Crippen MR) is 77.8 cm³/mol. The number of benzene rings is 1. The summed E-state index contributed by atoms with van der Waals surface area (Å²) < 4.78 is 19.0. The first-order valence-corrected chi connectivity index (χ1v) is 7.52. The Morgan fingerprint density at radius 1 is 1.38 bits per heavy atom. The molecule has 2 fully saturated rings. The number of amides is 1. The van der Waals surface area contributed by atoms with E-state index in [9.17, 15) is 9.18 Å². The van der Waals surface area contributed by atoms with Crippen LogP contribution in [0.1, 0.15) is 18.4 Å². The zero-order chi connectivity index (χ0) is 14.8. The van der Waals surface area contributed by atoms with Crippen LogP contribution in [0.5, 0.6) is 5.75 Å². The van der Waals surface area contributed by atoms with Gasteiger partial charge in [-0.15, -0.1) is 0 Å². The Hall–Kier alpha value is -1.62. The van der Waals surface area contributed by atoms with Crippen molar-refractivity contribution in [3.05, 3.63) is 29.6 Å². The average molecular weight is 292 g/mol. The molecule has 2 unspecified atom stereocenters. The van der Waals surface area contributed by atoms with E-state index in [4.69, 9.17) is 4.74 Å². The van der Waals surface area contributed by atoms with Crippen molar-refractivity contribution in [2.75, 3.05) is 33.3 Å². The summed E-state index contributed by atoms with van der Waals surface area (Å²) in [7, 11) is 1.45. The minimum Gasteiger partial charge on any atom is -0.494 e. The van der Waals surface area contributed by atoms with Crippen LogP contribution in [-0.2, 0) is 11.2 Å². The summed E-state index contributed by atoms with van der Waals surface area (Å²) in [5, 5.41) is 0. The number of halogens is 1. The molecule has 2 saturated heterocycles. The molecule has 0 N–H and O–H groups in total. The number of piperazine rings is 1. The van der Waals surface area contributed by atoms with Gasteiger partial charge in [0.25, 0.3) is 0 Å². The fourth-order valence-electron chi connectivity index (χ4n) is 3.32. The molecule has 2 heterocycles.